The second-order valence-electron chi connectivity index (χ2n) is 5.26. The highest BCUT2D eigenvalue weighted by molar-refractivity contribution is 6.35. The summed E-state index contributed by atoms with van der Waals surface area (Å²) in [4.78, 5) is 18.0. The van der Waals surface area contributed by atoms with Crippen molar-refractivity contribution >= 4 is 23.2 Å². The van der Waals surface area contributed by atoms with E-state index in [1.165, 1.54) is 5.56 Å². The number of amides is 1. The molecule has 0 aliphatic carbocycles. The van der Waals surface area contributed by atoms with Crippen molar-refractivity contribution in [2.75, 3.05) is 11.4 Å². The zero-order valence-corrected chi connectivity index (χ0v) is 11.7. The minimum absolute atomic E-state index is 0.224. The number of anilines is 1. The second kappa shape index (κ2) is 4.32. The second-order valence-corrected chi connectivity index (χ2v) is 5.64. The van der Waals surface area contributed by atoms with Gasteiger partial charge in [0.05, 0.1) is 10.7 Å². The molecular weight excluding hydrogens is 272 g/mol. The molecule has 1 aromatic heterocycles. The van der Waals surface area contributed by atoms with E-state index in [0.717, 1.165) is 46.8 Å². The van der Waals surface area contributed by atoms with Crippen molar-refractivity contribution in [2.24, 2.45) is 0 Å². The van der Waals surface area contributed by atoms with Gasteiger partial charge in [0.2, 0.25) is 5.91 Å². The fourth-order valence-corrected chi connectivity index (χ4v) is 3.56. The SMILES string of the molecule is O=C1CCc2c(Cl)c(-c3cccnc3)cc3c2N1CC3. The summed E-state index contributed by atoms with van der Waals surface area (Å²) < 4.78 is 0. The highest BCUT2D eigenvalue weighted by atomic mass is 35.5. The van der Waals surface area contributed by atoms with Gasteiger partial charge in [0.25, 0.3) is 0 Å². The molecule has 0 N–H and O–H groups in total. The molecule has 3 heterocycles. The lowest BCUT2D eigenvalue weighted by atomic mass is 9.94. The lowest BCUT2D eigenvalue weighted by Gasteiger charge is -2.27. The van der Waals surface area contributed by atoms with Crippen LogP contribution in [-0.4, -0.2) is 17.4 Å². The van der Waals surface area contributed by atoms with E-state index in [9.17, 15) is 4.79 Å². The number of nitrogens with zero attached hydrogens (tertiary/aromatic N) is 2. The quantitative estimate of drug-likeness (QED) is 0.805. The molecule has 100 valence electrons. The fraction of sp³-hybridized carbons (Fsp3) is 0.250. The molecule has 0 radical (unpaired) electrons. The maximum Gasteiger partial charge on any atom is 0.227 e. The molecule has 4 rings (SSSR count). The summed E-state index contributed by atoms with van der Waals surface area (Å²) in [6, 6.07) is 6.06. The van der Waals surface area contributed by atoms with E-state index in [2.05, 4.69) is 11.1 Å². The normalized spacial score (nSPS) is 16.4. The standard InChI is InChI=1S/C16H13ClN2O/c17-15-12-3-4-14(20)19-7-5-10(16(12)19)8-13(15)11-2-1-6-18-9-11/h1-2,6,8-9H,3-5,7H2. The predicted octanol–water partition coefficient (Wildman–Crippen LogP) is 3.24. The molecule has 0 unspecified atom stereocenters. The van der Waals surface area contributed by atoms with Crippen molar-refractivity contribution in [1.82, 2.24) is 4.98 Å². The summed E-state index contributed by atoms with van der Waals surface area (Å²) >= 11 is 6.61. The van der Waals surface area contributed by atoms with Crippen LogP contribution in [0.2, 0.25) is 5.02 Å². The number of hydrogen-bond acceptors (Lipinski definition) is 2. The minimum Gasteiger partial charge on any atom is -0.311 e. The third kappa shape index (κ3) is 1.59. The van der Waals surface area contributed by atoms with E-state index in [1.807, 2.05) is 23.2 Å². The molecule has 2 aromatic rings. The smallest absolute Gasteiger partial charge is 0.227 e. The first-order chi connectivity index (χ1) is 9.75. The van der Waals surface area contributed by atoms with Crippen LogP contribution in [0.15, 0.2) is 30.6 Å². The monoisotopic (exact) mass is 284 g/mol. The number of benzene rings is 1. The van der Waals surface area contributed by atoms with Crippen molar-refractivity contribution in [3.63, 3.8) is 0 Å². The van der Waals surface area contributed by atoms with E-state index in [0.29, 0.717) is 6.42 Å². The van der Waals surface area contributed by atoms with Gasteiger partial charge in [-0.3, -0.25) is 9.78 Å². The molecule has 1 aromatic carbocycles. The Labute approximate surface area is 122 Å². The van der Waals surface area contributed by atoms with Crippen LogP contribution in [0.3, 0.4) is 0 Å². The molecule has 0 saturated carbocycles. The van der Waals surface area contributed by atoms with E-state index in [4.69, 9.17) is 11.6 Å². The van der Waals surface area contributed by atoms with Crippen LogP contribution in [0.1, 0.15) is 17.5 Å². The van der Waals surface area contributed by atoms with Gasteiger partial charge in [0.15, 0.2) is 0 Å². The number of carbonyl (C=O) groups is 1. The van der Waals surface area contributed by atoms with E-state index in [-0.39, 0.29) is 5.91 Å². The van der Waals surface area contributed by atoms with Crippen molar-refractivity contribution in [3.8, 4) is 11.1 Å². The van der Waals surface area contributed by atoms with E-state index >= 15 is 0 Å². The molecule has 2 aliphatic heterocycles. The van der Waals surface area contributed by atoms with Gasteiger partial charge in [0, 0.05) is 36.5 Å². The van der Waals surface area contributed by atoms with Crippen LogP contribution >= 0.6 is 11.6 Å². The van der Waals surface area contributed by atoms with Crippen LogP contribution in [0.4, 0.5) is 5.69 Å². The Morgan fingerprint density at radius 1 is 1.25 bits per heavy atom. The molecule has 0 spiro atoms. The Morgan fingerprint density at radius 2 is 2.15 bits per heavy atom. The van der Waals surface area contributed by atoms with Crippen LogP contribution in [-0.2, 0) is 17.6 Å². The number of aromatic nitrogens is 1. The maximum absolute atomic E-state index is 12.0. The van der Waals surface area contributed by atoms with Gasteiger partial charge in [-0.2, -0.15) is 0 Å². The van der Waals surface area contributed by atoms with Crippen LogP contribution in [0, 0.1) is 0 Å². The number of carbonyl (C=O) groups excluding carboxylic acids is 1. The average molecular weight is 285 g/mol. The first kappa shape index (κ1) is 11.9. The number of rotatable bonds is 1. The summed E-state index contributed by atoms with van der Waals surface area (Å²) in [6.45, 7) is 0.786. The first-order valence-electron chi connectivity index (χ1n) is 6.80. The minimum atomic E-state index is 0.224. The van der Waals surface area contributed by atoms with Crippen molar-refractivity contribution in [2.45, 2.75) is 19.3 Å². The molecule has 3 nitrogen and oxygen atoms in total. The highest BCUT2D eigenvalue weighted by Gasteiger charge is 2.33. The van der Waals surface area contributed by atoms with Crippen molar-refractivity contribution in [3.05, 3.63) is 46.7 Å². The summed E-state index contributed by atoms with van der Waals surface area (Å²) in [5.74, 6) is 0.224. The van der Waals surface area contributed by atoms with Gasteiger partial charge in [-0.25, -0.2) is 0 Å². The van der Waals surface area contributed by atoms with Gasteiger partial charge in [-0.1, -0.05) is 17.7 Å². The third-order valence-electron chi connectivity index (χ3n) is 4.15. The summed E-state index contributed by atoms with van der Waals surface area (Å²) in [6.07, 6.45) is 5.81. The Morgan fingerprint density at radius 3 is 2.95 bits per heavy atom. The third-order valence-corrected chi connectivity index (χ3v) is 4.58. The van der Waals surface area contributed by atoms with E-state index in [1.54, 1.807) is 6.20 Å². The Kier molecular flexibility index (Phi) is 2.57. The van der Waals surface area contributed by atoms with Crippen LogP contribution in [0.5, 0.6) is 0 Å². The Bertz CT molecular complexity index is 712. The van der Waals surface area contributed by atoms with E-state index < -0.39 is 0 Å². The number of pyridine rings is 1. The van der Waals surface area contributed by atoms with Gasteiger partial charge in [-0.05, 0) is 36.1 Å². The molecule has 2 aliphatic rings. The lowest BCUT2D eigenvalue weighted by Crippen LogP contribution is -2.33. The maximum atomic E-state index is 12.0. The lowest BCUT2D eigenvalue weighted by molar-refractivity contribution is -0.118. The topological polar surface area (TPSA) is 33.2 Å². The van der Waals surface area contributed by atoms with Crippen LogP contribution < -0.4 is 4.90 Å². The number of hydrogen-bond donors (Lipinski definition) is 0. The highest BCUT2D eigenvalue weighted by Crippen LogP contribution is 2.44. The number of halogens is 1. The Hall–Kier alpha value is -1.87. The van der Waals surface area contributed by atoms with Crippen molar-refractivity contribution < 1.29 is 4.79 Å². The Balaban J connectivity index is 1.96. The molecule has 0 bridgehead atoms. The van der Waals surface area contributed by atoms with Crippen LogP contribution in [0.25, 0.3) is 11.1 Å². The van der Waals surface area contributed by atoms with Gasteiger partial charge in [0.1, 0.15) is 0 Å². The molecule has 0 saturated heterocycles. The molecule has 4 heteroatoms. The summed E-state index contributed by atoms with van der Waals surface area (Å²) in [5.41, 5.74) is 5.49. The van der Waals surface area contributed by atoms with Gasteiger partial charge >= 0.3 is 0 Å². The van der Waals surface area contributed by atoms with Gasteiger partial charge in [-0.15, -0.1) is 0 Å². The summed E-state index contributed by atoms with van der Waals surface area (Å²) in [7, 11) is 0. The molecule has 0 atom stereocenters. The molecular formula is C16H13ClN2O. The molecule has 20 heavy (non-hydrogen) atoms. The largest absolute Gasteiger partial charge is 0.311 e. The zero-order valence-electron chi connectivity index (χ0n) is 10.9. The van der Waals surface area contributed by atoms with Gasteiger partial charge < -0.3 is 4.90 Å². The molecule has 0 fully saturated rings. The predicted molar refractivity (Wildman–Crippen MR) is 79.1 cm³/mol. The van der Waals surface area contributed by atoms with Crippen molar-refractivity contribution in [1.29, 1.82) is 0 Å². The zero-order chi connectivity index (χ0) is 13.7. The fourth-order valence-electron chi connectivity index (χ4n) is 3.21. The first-order valence-corrected chi connectivity index (χ1v) is 7.18. The average Bonchev–Trinajstić information content (AvgIpc) is 2.91. The molecule has 1 amide bonds. The summed E-state index contributed by atoms with van der Waals surface area (Å²) in [5, 5.41) is 0.774.